The van der Waals surface area contributed by atoms with E-state index in [1.54, 1.807) is 6.20 Å². The van der Waals surface area contributed by atoms with Crippen molar-refractivity contribution in [2.75, 3.05) is 0 Å². The Morgan fingerprint density at radius 1 is 0.920 bits per heavy atom. The Bertz CT molecular complexity index is 1110. The molecule has 3 heterocycles. The van der Waals surface area contributed by atoms with E-state index in [4.69, 9.17) is 4.98 Å². The second kappa shape index (κ2) is 5.38. The first kappa shape index (κ1) is 14.1. The predicted octanol–water partition coefficient (Wildman–Crippen LogP) is 4.35. The molecule has 0 fully saturated rings. The minimum Gasteiger partial charge on any atom is -0.323 e. The molecule has 0 aliphatic carbocycles. The van der Waals surface area contributed by atoms with Gasteiger partial charge in [-0.25, -0.2) is 4.98 Å². The summed E-state index contributed by atoms with van der Waals surface area (Å²) < 4.78 is 2.18. The standard InChI is InChI=1S/C21H15N3O/c25-19-9-11-24-20-17(19)7-2-8-18(20)23-21(24)15-5-1-4-14(12-15)16-6-3-10-22-13-16/h1-8,10,12-13H,9,11H2. The third-order valence-corrected chi connectivity index (χ3v) is 4.75. The zero-order chi connectivity index (χ0) is 16.8. The van der Waals surface area contributed by atoms with Gasteiger partial charge in [0, 0.05) is 42.0 Å². The molecule has 0 amide bonds. The van der Waals surface area contributed by atoms with Crippen molar-refractivity contribution in [1.29, 1.82) is 0 Å². The van der Waals surface area contributed by atoms with Crippen molar-refractivity contribution in [3.8, 4) is 22.5 Å². The van der Waals surface area contributed by atoms with E-state index in [1.807, 2.05) is 36.5 Å². The number of benzene rings is 2. The van der Waals surface area contributed by atoms with Crippen LogP contribution in [-0.4, -0.2) is 20.3 Å². The van der Waals surface area contributed by atoms with Crippen LogP contribution in [0.25, 0.3) is 33.5 Å². The van der Waals surface area contributed by atoms with E-state index in [0.717, 1.165) is 39.1 Å². The van der Waals surface area contributed by atoms with Crippen LogP contribution >= 0.6 is 0 Å². The Kier molecular flexibility index (Phi) is 3.04. The lowest BCUT2D eigenvalue weighted by molar-refractivity contribution is 0.0973. The highest BCUT2D eigenvalue weighted by Crippen LogP contribution is 2.32. The summed E-state index contributed by atoms with van der Waals surface area (Å²) in [7, 11) is 0. The van der Waals surface area contributed by atoms with E-state index in [-0.39, 0.29) is 5.78 Å². The van der Waals surface area contributed by atoms with Crippen molar-refractivity contribution in [3.05, 3.63) is 72.6 Å². The van der Waals surface area contributed by atoms with Crippen LogP contribution in [0, 0.1) is 0 Å². The van der Waals surface area contributed by atoms with Gasteiger partial charge in [0.05, 0.1) is 11.0 Å². The lowest BCUT2D eigenvalue weighted by atomic mass is 10.0. The van der Waals surface area contributed by atoms with Gasteiger partial charge >= 0.3 is 0 Å². The van der Waals surface area contributed by atoms with Crippen molar-refractivity contribution in [2.24, 2.45) is 0 Å². The number of aryl methyl sites for hydroxylation is 1. The predicted molar refractivity (Wildman–Crippen MR) is 97.3 cm³/mol. The monoisotopic (exact) mass is 325 g/mol. The fourth-order valence-electron chi connectivity index (χ4n) is 3.57. The molecule has 25 heavy (non-hydrogen) atoms. The molecule has 2 aromatic heterocycles. The molecule has 0 unspecified atom stereocenters. The van der Waals surface area contributed by atoms with Gasteiger partial charge in [-0.05, 0) is 29.8 Å². The van der Waals surface area contributed by atoms with Gasteiger partial charge in [0.2, 0.25) is 0 Å². The number of carbonyl (C=O) groups is 1. The largest absolute Gasteiger partial charge is 0.323 e. The Balaban J connectivity index is 1.72. The van der Waals surface area contributed by atoms with E-state index in [2.05, 4.69) is 33.8 Å². The van der Waals surface area contributed by atoms with Gasteiger partial charge in [0.1, 0.15) is 5.82 Å². The van der Waals surface area contributed by atoms with Crippen molar-refractivity contribution in [1.82, 2.24) is 14.5 Å². The lowest BCUT2D eigenvalue weighted by Gasteiger charge is -2.16. The van der Waals surface area contributed by atoms with E-state index >= 15 is 0 Å². The molecule has 0 radical (unpaired) electrons. The molecule has 0 spiro atoms. The van der Waals surface area contributed by atoms with E-state index in [9.17, 15) is 4.79 Å². The molecule has 120 valence electrons. The molecule has 1 aliphatic rings. The van der Waals surface area contributed by atoms with Gasteiger partial charge in [-0.1, -0.05) is 30.3 Å². The maximum atomic E-state index is 12.2. The summed E-state index contributed by atoms with van der Waals surface area (Å²) in [6.45, 7) is 0.679. The minimum atomic E-state index is 0.202. The first-order valence-corrected chi connectivity index (χ1v) is 8.34. The van der Waals surface area contributed by atoms with Crippen LogP contribution in [0.1, 0.15) is 16.8 Å². The zero-order valence-electron chi connectivity index (χ0n) is 13.5. The summed E-state index contributed by atoms with van der Waals surface area (Å²) >= 11 is 0. The molecule has 0 atom stereocenters. The van der Waals surface area contributed by atoms with Gasteiger partial charge in [-0.2, -0.15) is 0 Å². The van der Waals surface area contributed by atoms with Crippen LogP contribution in [0.5, 0.6) is 0 Å². The van der Waals surface area contributed by atoms with Crippen molar-refractivity contribution < 1.29 is 4.79 Å². The highest BCUT2D eigenvalue weighted by Gasteiger charge is 2.23. The van der Waals surface area contributed by atoms with E-state index in [1.165, 1.54) is 0 Å². The molecule has 0 saturated carbocycles. The molecule has 0 N–H and O–H groups in total. The number of aromatic nitrogens is 3. The molecule has 0 saturated heterocycles. The van der Waals surface area contributed by atoms with Crippen molar-refractivity contribution >= 4 is 16.8 Å². The van der Waals surface area contributed by atoms with Crippen LogP contribution in [0.4, 0.5) is 0 Å². The number of ketones is 1. The Hall–Kier alpha value is -3.27. The average Bonchev–Trinajstić information content (AvgIpc) is 3.06. The molecular formula is C21H15N3O. The van der Waals surface area contributed by atoms with Crippen molar-refractivity contribution in [2.45, 2.75) is 13.0 Å². The van der Waals surface area contributed by atoms with Crippen molar-refractivity contribution in [3.63, 3.8) is 0 Å². The average molecular weight is 325 g/mol. The maximum absolute atomic E-state index is 12.2. The van der Waals surface area contributed by atoms with Gasteiger partial charge in [0.15, 0.2) is 5.78 Å². The maximum Gasteiger partial charge on any atom is 0.166 e. The number of hydrogen-bond acceptors (Lipinski definition) is 3. The molecular weight excluding hydrogens is 310 g/mol. The second-order valence-corrected chi connectivity index (χ2v) is 6.26. The third kappa shape index (κ3) is 2.18. The first-order valence-electron chi connectivity index (χ1n) is 8.34. The minimum absolute atomic E-state index is 0.202. The van der Waals surface area contributed by atoms with Gasteiger partial charge < -0.3 is 4.57 Å². The number of rotatable bonds is 2. The number of imidazole rings is 1. The van der Waals surface area contributed by atoms with Crippen LogP contribution in [-0.2, 0) is 6.54 Å². The second-order valence-electron chi connectivity index (χ2n) is 6.26. The topological polar surface area (TPSA) is 47.8 Å². The molecule has 0 bridgehead atoms. The number of Topliss-reactive ketones (excluding diaryl/α,β-unsaturated/α-hetero) is 1. The fraction of sp³-hybridized carbons (Fsp3) is 0.0952. The van der Waals surface area contributed by atoms with Gasteiger partial charge in [0.25, 0.3) is 0 Å². The quantitative estimate of drug-likeness (QED) is 0.550. The molecule has 5 rings (SSSR count). The molecule has 4 nitrogen and oxygen atoms in total. The summed E-state index contributed by atoms with van der Waals surface area (Å²) in [5.41, 5.74) is 5.86. The smallest absolute Gasteiger partial charge is 0.166 e. The number of pyridine rings is 1. The summed E-state index contributed by atoms with van der Waals surface area (Å²) in [5, 5.41) is 0. The van der Waals surface area contributed by atoms with Gasteiger partial charge in [-0.3, -0.25) is 9.78 Å². The number of carbonyl (C=O) groups excluding carboxylic acids is 1. The zero-order valence-corrected chi connectivity index (χ0v) is 13.5. The molecule has 2 aromatic carbocycles. The van der Waals surface area contributed by atoms with Crippen LogP contribution in [0.2, 0.25) is 0 Å². The number of para-hydroxylation sites is 1. The summed E-state index contributed by atoms with van der Waals surface area (Å²) in [5.74, 6) is 1.12. The van der Waals surface area contributed by atoms with Gasteiger partial charge in [-0.15, -0.1) is 0 Å². The first-order chi connectivity index (χ1) is 12.3. The van der Waals surface area contributed by atoms with Crippen LogP contribution in [0.3, 0.4) is 0 Å². The summed E-state index contributed by atoms with van der Waals surface area (Å²) in [4.78, 5) is 21.2. The van der Waals surface area contributed by atoms with E-state index < -0.39 is 0 Å². The Morgan fingerprint density at radius 2 is 1.76 bits per heavy atom. The van der Waals surface area contributed by atoms with E-state index in [0.29, 0.717) is 13.0 Å². The normalized spacial score (nSPS) is 13.4. The van der Waals surface area contributed by atoms with Crippen LogP contribution in [0.15, 0.2) is 67.0 Å². The SMILES string of the molecule is O=C1CCn2c(-c3cccc(-c4cccnc4)c3)nc3cccc1c32. The number of nitrogens with zero attached hydrogens (tertiary/aromatic N) is 3. The summed E-state index contributed by atoms with van der Waals surface area (Å²) in [6, 6.07) is 18.1. The Labute approximate surface area is 144 Å². The highest BCUT2D eigenvalue weighted by atomic mass is 16.1. The Morgan fingerprint density at radius 3 is 2.64 bits per heavy atom. The fourth-order valence-corrected chi connectivity index (χ4v) is 3.57. The molecule has 1 aliphatic heterocycles. The number of hydrogen-bond donors (Lipinski definition) is 0. The summed E-state index contributed by atoms with van der Waals surface area (Å²) in [6.07, 6.45) is 4.16. The lowest BCUT2D eigenvalue weighted by Crippen LogP contribution is -2.14. The third-order valence-electron chi connectivity index (χ3n) is 4.75. The molecule has 4 aromatic rings. The molecule has 4 heteroatoms. The van der Waals surface area contributed by atoms with Crippen LogP contribution < -0.4 is 0 Å². The highest BCUT2D eigenvalue weighted by molar-refractivity contribution is 6.08.